The molecule has 126 valence electrons. The van der Waals surface area contributed by atoms with Crippen LogP contribution in [0, 0.1) is 17.8 Å². The molecule has 1 aromatic rings. The van der Waals surface area contributed by atoms with Crippen molar-refractivity contribution in [2.45, 2.75) is 50.0 Å². The third kappa shape index (κ3) is 1.95. The predicted molar refractivity (Wildman–Crippen MR) is 88.3 cm³/mol. The van der Waals surface area contributed by atoms with Gasteiger partial charge in [-0.1, -0.05) is 24.3 Å². The van der Waals surface area contributed by atoms with Crippen LogP contribution < -0.4 is 5.32 Å². The summed E-state index contributed by atoms with van der Waals surface area (Å²) in [5.41, 5.74) is 3.16. The van der Waals surface area contributed by atoms with E-state index in [0.717, 1.165) is 38.6 Å². The van der Waals surface area contributed by atoms with Crippen LogP contribution in [0.5, 0.6) is 0 Å². The van der Waals surface area contributed by atoms with Gasteiger partial charge in [-0.25, -0.2) is 0 Å². The summed E-state index contributed by atoms with van der Waals surface area (Å²) >= 11 is 0. The maximum atomic E-state index is 12.1. The monoisotopic (exact) mass is 325 g/mol. The molecule has 2 bridgehead atoms. The summed E-state index contributed by atoms with van der Waals surface area (Å²) in [5.74, 6) is 0.108. The number of esters is 2. The van der Waals surface area contributed by atoms with Crippen molar-refractivity contribution in [3.05, 3.63) is 35.4 Å². The van der Waals surface area contributed by atoms with Gasteiger partial charge in [0.15, 0.2) is 0 Å². The van der Waals surface area contributed by atoms with Gasteiger partial charge in [0.1, 0.15) is 0 Å². The quantitative estimate of drug-likeness (QED) is 0.636. The zero-order valence-electron chi connectivity index (χ0n) is 13.8. The lowest BCUT2D eigenvalue weighted by atomic mass is 9.50. The second-order valence-electron chi connectivity index (χ2n) is 8.08. The van der Waals surface area contributed by atoms with Crippen LogP contribution in [0.2, 0.25) is 0 Å². The number of carbonyl (C=O) groups is 2. The van der Waals surface area contributed by atoms with Crippen LogP contribution >= 0.6 is 0 Å². The average Bonchev–Trinajstić information content (AvgIpc) is 2.92. The number of benzene rings is 1. The molecule has 2 aliphatic heterocycles. The lowest BCUT2D eigenvalue weighted by molar-refractivity contribution is -0.153. The van der Waals surface area contributed by atoms with Crippen molar-refractivity contribution in [3.63, 3.8) is 0 Å². The number of carbonyl (C=O) groups excluding carboxylic acids is 2. The third-order valence-electron chi connectivity index (χ3n) is 7.11. The van der Waals surface area contributed by atoms with Crippen molar-refractivity contribution in [2.75, 3.05) is 6.54 Å². The fourth-order valence-corrected chi connectivity index (χ4v) is 6.16. The zero-order chi connectivity index (χ0) is 16.3. The Labute approximate surface area is 142 Å². The van der Waals surface area contributed by atoms with Crippen molar-refractivity contribution in [2.24, 2.45) is 17.8 Å². The van der Waals surface area contributed by atoms with Crippen LogP contribution in [0.15, 0.2) is 24.3 Å². The summed E-state index contributed by atoms with van der Waals surface area (Å²) < 4.78 is 4.84. The fraction of sp³-hybridized carbons (Fsp3) is 0.600. The number of piperidine rings is 1. The number of cyclic esters (lactones) is 2. The fourth-order valence-electron chi connectivity index (χ4n) is 6.16. The first-order chi connectivity index (χ1) is 11.7. The maximum Gasteiger partial charge on any atom is 0.317 e. The molecule has 1 N–H and O–H groups in total. The number of hydrogen-bond donors (Lipinski definition) is 1. The second-order valence-corrected chi connectivity index (χ2v) is 8.08. The van der Waals surface area contributed by atoms with E-state index in [2.05, 4.69) is 29.6 Å². The van der Waals surface area contributed by atoms with E-state index < -0.39 is 0 Å². The molecule has 1 saturated carbocycles. The Balaban J connectivity index is 1.54. The molecule has 4 nitrogen and oxygen atoms in total. The molecule has 4 heteroatoms. The molecular formula is C20H23NO3. The van der Waals surface area contributed by atoms with Crippen molar-refractivity contribution in [3.8, 4) is 0 Å². The van der Waals surface area contributed by atoms with Crippen LogP contribution in [0.1, 0.15) is 43.2 Å². The highest BCUT2D eigenvalue weighted by molar-refractivity contribution is 5.94. The molecule has 0 spiro atoms. The number of fused-ring (bicyclic) bond motifs is 1. The van der Waals surface area contributed by atoms with Gasteiger partial charge in [-0.3, -0.25) is 9.59 Å². The van der Waals surface area contributed by atoms with Crippen LogP contribution in [0.3, 0.4) is 0 Å². The molecule has 3 fully saturated rings. The van der Waals surface area contributed by atoms with Gasteiger partial charge in [-0.2, -0.15) is 0 Å². The summed E-state index contributed by atoms with van der Waals surface area (Å²) in [6.07, 6.45) is 5.76. The lowest BCUT2D eigenvalue weighted by Crippen LogP contribution is -2.60. The van der Waals surface area contributed by atoms with E-state index in [9.17, 15) is 9.59 Å². The lowest BCUT2D eigenvalue weighted by Gasteiger charge is -2.57. The molecule has 2 saturated heterocycles. The Morgan fingerprint density at radius 2 is 2.00 bits per heavy atom. The van der Waals surface area contributed by atoms with Crippen LogP contribution in [-0.2, 0) is 26.2 Å². The highest BCUT2D eigenvalue weighted by atomic mass is 16.6. The van der Waals surface area contributed by atoms with Crippen LogP contribution in [-0.4, -0.2) is 24.5 Å². The summed E-state index contributed by atoms with van der Waals surface area (Å²) in [6, 6.07) is 9.43. The van der Waals surface area contributed by atoms with Gasteiger partial charge in [-0.15, -0.1) is 0 Å². The summed E-state index contributed by atoms with van der Waals surface area (Å²) in [6.45, 7) is 1.05. The molecule has 0 aromatic heterocycles. The minimum absolute atomic E-state index is 0.180. The highest BCUT2D eigenvalue weighted by Crippen LogP contribution is 2.56. The molecule has 5 rings (SSSR count). The molecule has 2 heterocycles. The Morgan fingerprint density at radius 3 is 2.83 bits per heavy atom. The smallest absolute Gasteiger partial charge is 0.317 e. The summed E-state index contributed by atoms with van der Waals surface area (Å²) in [7, 11) is 0. The van der Waals surface area contributed by atoms with E-state index in [4.69, 9.17) is 4.74 Å². The summed E-state index contributed by atoms with van der Waals surface area (Å²) in [5, 5.41) is 3.74. The van der Waals surface area contributed by atoms with E-state index in [1.807, 2.05) is 0 Å². The number of hydrogen-bond acceptors (Lipinski definition) is 4. The number of ether oxygens (including phenoxy) is 1. The molecule has 0 radical (unpaired) electrons. The third-order valence-corrected chi connectivity index (χ3v) is 7.11. The molecule has 1 aromatic carbocycles. The normalized spacial score (nSPS) is 40.7. The topological polar surface area (TPSA) is 55.4 Å². The standard InChI is InChI=1S/C20H23NO3/c22-18-10-14(19(23)24-18)13-5-6-16-17-9-12-3-1-2-4-15(12)20(16,11-13)7-8-21-17/h1-4,13-14,16-17,21H,5-11H2/t13?,14?,16-,17+,20+/m0/s1. The van der Waals surface area contributed by atoms with Gasteiger partial charge in [0, 0.05) is 11.5 Å². The molecular weight excluding hydrogens is 302 g/mol. The molecule has 2 unspecified atom stereocenters. The van der Waals surface area contributed by atoms with Crippen molar-refractivity contribution in [1.82, 2.24) is 5.32 Å². The maximum absolute atomic E-state index is 12.1. The first-order valence-electron chi connectivity index (χ1n) is 9.24. The average molecular weight is 325 g/mol. The molecule has 24 heavy (non-hydrogen) atoms. The number of nitrogens with one attached hydrogen (secondary N) is 1. The molecule has 2 aliphatic carbocycles. The van der Waals surface area contributed by atoms with Gasteiger partial charge >= 0.3 is 11.9 Å². The molecule has 5 atom stereocenters. The Bertz CT molecular complexity index is 715. The Morgan fingerprint density at radius 1 is 1.12 bits per heavy atom. The van der Waals surface area contributed by atoms with E-state index in [0.29, 0.717) is 12.0 Å². The van der Waals surface area contributed by atoms with Crippen molar-refractivity contribution < 1.29 is 14.3 Å². The highest BCUT2D eigenvalue weighted by Gasteiger charge is 2.55. The van der Waals surface area contributed by atoms with E-state index in [1.165, 1.54) is 11.1 Å². The van der Waals surface area contributed by atoms with E-state index >= 15 is 0 Å². The largest absolute Gasteiger partial charge is 0.393 e. The second kappa shape index (κ2) is 5.16. The van der Waals surface area contributed by atoms with Gasteiger partial charge in [0.2, 0.25) is 0 Å². The van der Waals surface area contributed by atoms with E-state index in [-0.39, 0.29) is 35.6 Å². The Hall–Kier alpha value is -1.68. The summed E-state index contributed by atoms with van der Waals surface area (Å²) in [4.78, 5) is 23.7. The minimum atomic E-state index is -0.336. The van der Waals surface area contributed by atoms with Crippen LogP contribution in [0.25, 0.3) is 0 Å². The van der Waals surface area contributed by atoms with Gasteiger partial charge in [0.25, 0.3) is 0 Å². The Kier molecular flexibility index (Phi) is 3.15. The van der Waals surface area contributed by atoms with Crippen molar-refractivity contribution >= 4 is 11.9 Å². The van der Waals surface area contributed by atoms with Crippen LogP contribution in [0.4, 0.5) is 0 Å². The van der Waals surface area contributed by atoms with Gasteiger partial charge < -0.3 is 10.1 Å². The first kappa shape index (κ1) is 14.6. The van der Waals surface area contributed by atoms with Gasteiger partial charge in [0.05, 0.1) is 12.3 Å². The van der Waals surface area contributed by atoms with Crippen molar-refractivity contribution in [1.29, 1.82) is 0 Å². The molecule has 4 aliphatic rings. The SMILES string of the molecule is O=C1CC(C2CC[C@H]3[C@H]4Cc5ccccc5[C@@]3(CCN4)C2)C(=O)O1. The predicted octanol–water partition coefficient (Wildman–Crippen LogP) is 2.35. The first-order valence-corrected chi connectivity index (χ1v) is 9.24. The van der Waals surface area contributed by atoms with Gasteiger partial charge in [-0.05, 0) is 61.6 Å². The number of rotatable bonds is 1. The van der Waals surface area contributed by atoms with E-state index in [1.54, 1.807) is 0 Å². The minimum Gasteiger partial charge on any atom is -0.393 e. The zero-order valence-corrected chi connectivity index (χ0v) is 13.8. The molecule has 0 amide bonds.